The molecule has 0 spiro atoms. The van der Waals surface area contributed by atoms with Gasteiger partial charge in [0, 0.05) is 11.4 Å². The molecular weight excluding hydrogens is 232 g/mol. The van der Waals surface area contributed by atoms with Gasteiger partial charge >= 0.3 is 0 Å². The van der Waals surface area contributed by atoms with Crippen molar-refractivity contribution in [2.24, 2.45) is 0 Å². The van der Waals surface area contributed by atoms with Crippen LogP contribution in [0.25, 0.3) is 11.1 Å². The van der Waals surface area contributed by atoms with E-state index in [-0.39, 0.29) is 0 Å². The van der Waals surface area contributed by atoms with Gasteiger partial charge in [0.15, 0.2) is 0 Å². The summed E-state index contributed by atoms with van der Waals surface area (Å²) >= 11 is 0. The minimum atomic E-state index is 0.516. The molecule has 2 aromatic rings. The first kappa shape index (κ1) is 12.1. The first-order chi connectivity index (χ1) is 9.06. The summed E-state index contributed by atoms with van der Waals surface area (Å²) < 4.78 is 0. The lowest BCUT2D eigenvalue weighted by molar-refractivity contribution is 0.602. The quantitative estimate of drug-likeness (QED) is 0.693. The van der Waals surface area contributed by atoms with Crippen molar-refractivity contribution in [2.75, 3.05) is 11.5 Å². The van der Waals surface area contributed by atoms with Crippen LogP contribution in [-0.2, 0) is 0 Å². The van der Waals surface area contributed by atoms with E-state index < -0.39 is 0 Å². The lowest BCUT2D eigenvalue weighted by Gasteiger charge is -2.15. The Morgan fingerprint density at radius 2 is 1.21 bits per heavy atom. The molecule has 0 unspecified atom stereocenters. The van der Waals surface area contributed by atoms with Gasteiger partial charge in [0.2, 0.25) is 0 Å². The van der Waals surface area contributed by atoms with E-state index in [1.165, 1.54) is 22.3 Å². The fourth-order valence-corrected chi connectivity index (χ4v) is 3.25. The van der Waals surface area contributed by atoms with Crippen molar-refractivity contribution in [3.63, 3.8) is 0 Å². The highest BCUT2D eigenvalue weighted by atomic mass is 14.6. The van der Waals surface area contributed by atoms with Crippen molar-refractivity contribution in [3.8, 4) is 11.1 Å². The standard InChI is InChI=1S/C17H20N2/c1-10-7-11(2)17-9-13(19)4-6-15(17)14-5-3-12(18)8-16(10)14/h3-6,8-11H,7,18-19H2,1-2H3/t10-,11-/m1/s1. The molecule has 2 heteroatoms. The monoisotopic (exact) mass is 252 g/mol. The number of hydrogen-bond donors (Lipinski definition) is 2. The molecule has 98 valence electrons. The summed E-state index contributed by atoms with van der Waals surface area (Å²) in [7, 11) is 0. The smallest absolute Gasteiger partial charge is 0.0317 e. The maximum atomic E-state index is 5.95. The first-order valence-corrected chi connectivity index (χ1v) is 6.85. The zero-order valence-electron chi connectivity index (χ0n) is 11.5. The summed E-state index contributed by atoms with van der Waals surface area (Å²) in [5.41, 5.74) is 18.9. The summed E-state index contributed by atoms with van der Waals surface area (Å²) in [5.74, 6) is 1.03. The van der Waals surface area contributed by atoms with Crippen LogP contribution in [0.5, 0.6) is 0 Å². The molecule has 0 bridgehead atoms. The second-order valence-electron chi connectivity index (χ2n) is 5.73. The number of benzene rings is 2. The molecular formula is C17H20N2. The fraction of sp³-hybridized carbons (Fsp3) is 0.294. The number of rotatable bonds is 0. The van der Waals surface area contributed by atoms with Crippen LogP contribution in [0.2, 0.25) is 0 Å². The molecule has 2 nitrogen and oxygen atoms in total. The Morgan fingerprint density at radius 3 is 1.63 bits per heavy atom. The molecule has 2 atom stereocenters. The highest BCUT2D eigenvalue weighted by Crippen LogP contribution is 2.44. The summed E-state index contributed by atoms with van der Waals surface area (Å²) in [6, 6.07) is 12.5. The van der Waals surface area contributed by atoms with Gasteiger partial charge in [-0.05, 0) is 64.8 Å². The lowest BCUT2D eigenvalue weighted by atomic mass is 9.90. The van der Waals surface area contributed by atoms with Gasteiger partial charge in [-0.25, -0.2) is 0 Å². The van der Waals surface area contributed by atoms with Gasteiger partial charge in [-0.1, -0.05) is 26.0 Å². The van der Waals surface area contributed by atoms with Gasteiger partial charge in [0.25, 0.3) is 0 Å². The summed E-state index contributed by atoms with van der Waals surface area (Å²) in [4.78, 5) is 0. The Balaban J connectivity index is 2.30. The van der Waals surface area contributed by atoms with Crippen LogP contribution in [0, 0.1) is 0 Å². The average Bonchev–Trinajstić information content (AvgIpc) is 2.47. The molecule has 0 saturated carbocycles. The number of fused-ring (bicyclic) bond motifs is 3. The van der Waals surface area contributed by atoms with E-state index in [0.717, 1.165) is 17.8 Å². The predicted octanol–water partition coefficient (Wildman–Crippen LogP) is 4.13. The third-order valence-corrected chi connectivity index (χ3v) is 4.21. The molecule has 19 heavy (non-hydrogen) atoms. The van der Waals surface area contributed by atoms with E-state index in [0.29, 0.717) is 11.8 Å². The molecule has 0 saturated heterocycles. The predicted molar refractivity (Wildman–Crippen MR) is 82.1 cm³/mol. The maximum absolute atomic E-state index is 5.95. The van der Waals surface area contributed by atoms with Crippen molar-refractivity contribution >= 4 is 11.4 Å². The average molecular weight is 252 g/mol. The summed E-state index contributed by atoms with van der Waals surface area (Å²) in [6.07, 6.45) is 1.13. The van der Waals surface area contributed by atoms with Gasteiger partial charge in [-0.15, -0.1) is 0 Å². The second-order valence-corrected chi connectivity index (χ2v) is 5.73. The molecule has 0 aliphatic heterocycles. The Hall–Kier alpha value is -1.96. The largest absolute Gasteiger partial charge is 0.399 e. The van der Waals surface area contributed by atoms with Crippen LogP contribution in [0.3, 0.4) is 0 Å². The SMILES string of the molecule is C[C@@H]1C[C@@H](C)c2cc(N)ccc2-c2ccc(N)cc21. The first-order valence-electron chi connectivity index (χ1n) is 6.85. The topological polar surface area (TPSA) is 52.0 Å². The van der Waals surface area contributed by atoms with Crippen LogP contribution in [0.1, 0.15) is 43.2 Å². The summed E-state index contributed by atoms with van der Waals surface area (Å²) in [5, 5.41) is 0. The molecule has 1 aliphatic rings. The molecule has 3 rings (SSSR count). The third kappa shape index (κ3) is 1.97. The maximum Gasteiger partial charge on any atom is 0.0317 e. The van der Waals surface area contributed by atoms with E-state index in [4.69, 9.17) is 11.5 Å². The fourth-order valence-electron chi connectivity index (χ4n) is 3.25. The summed E-state index contributed by atoms with van der Waals surface area (Å²) in [6.45, 7) is 4.56. The van der Waals surface area contributed by atoms with Crippen molar-refractivity contribution in [3.05, 3.63) is 47.5 Å². The normalized spacial score (nSPS) is 21.4. The number of hydrogen-bond acceptors (Lipinski definition) is 2. The van der Waals surface area contributed by atoms with Gasteiger partial charge in [0.05, 0.1) is 0 Å². The molecule has 0 aromatic heterocycles. The van der Waals surface area contributed by atoms with E-state index in [1.807, 2.05) is 12.1 Å². The minimum Gasteiger partial charge on any atom is -0.399 e. The second kappa shape index (κ2) is 4.30. The highest BCUT2D eigenvalue weighted by Gasteiger charge is 2.24. The van der Waals surface area contributed by atoms with Crippen LogP contribution in [0.15, 0.2) is 36.4 Å². The number of anilines is 2. The Labute approximate surface area is 114 Å². The van der Waals surface area contributed by atoms with Crippen LogP contribution in [0.4, 0.5) is 11.4 Å². The molecule has 0 amide bonds. The van der Waals surface area contributed by atoms with Crippen molar-refractivity contribution in [1.29, 1.82) is 0 Å². The van der Waals surface area contributed by atoms with Gasteiger partial charge in [-0.2, -0.15) is 0 Å². The van der Waals surface area contributed by atoms with Crippen LogP contribution in [-0.4, -0.2) is 0 Å². The van der Waals surface area contributed by atoms with Gasteiger partial charge < -0.3 is 11.5 Å². The van der Waals surface area contributed by atoms with Gasteiger partial charge in [-0.3, -0.25) is 0 Å². The highest BCUT2D eigenvalue weighted by molar-refractivity contribution is 5.76. The van der Waals surface area contributed by atoms with E-state index >= 15 is 0 Å². The van der Waals surface area contributed by atoms with E-state index in [1.54, 1.807) is 0 Å². The molecule has 1 aliphatic carbocycles. The lowest BCUT2D eigenvalue weighted by Crippen LogP contribution is -1.99. The molecule has 0 radical (unpaired) electrons. The Kier molecular flexibility index (Phi) is 2.74. The van der Waals surface area contributed by atoms with Crippen LogP contribution < -0.4 is 11.5 Å². The van der Waals surface area contributed by atoms with Crippen molar-refractivity contribution in [1.82, 2.24) is 0 Å². The zero-order chi connectivity index (χ0) is 13.6. The van der Waals surface area contributed by atoms with E-state index in [2.05, 4.69) is 38.1 Å². The molecule has 0 fully saturated rings. The Bertz CT molecular complexity index is 576. The van der Waals surface area contributed by atoms with Crippen LogP contribution >= 0.6 is 0 Å². The zero-order valence-corrected chi connectivity index (χ0v) is 11.5. The van der Waals surface area contributed by atoms with E-state index in [9.17, 15) is 0 Å². The van der Waals surface area contributed by atoms with Crippen molar-refractivity contribution in [2.45, 2.75) is 32.1 Å². The molecule has 4 N–H and O–H groups in total. The van der Waals surface area contributed by atoms with Gasteiger partial charge in [0.1, 0.15) is 0 Å². The minimum absolute atomic E-state index is 0.516. The number of nitrogen functional groups attached to an aromatic ring is 2. The van der Waals surface area contributed by atoms with Crippen molar-refractivity contribution < 1.29 is 0 Å². The third-order valence-electron chi connectivity index (χ3n) is 4.21. The Morgan fingerprint density at radius 1 is 0.789 bits per heavy atom. The molecule has 0 heterocycles. The molecule has 2 aromatic carbocycles. The number of nitrogens with two attached hydrogens (primary N) is 2.